The molecule has 0 radical (unpaired) electrons. The molecule has 0 saturated carbocycles. The largest absolute Gasteiger partial charge is 0.295 e. The molecule has 0 aliphatic carbocycles. The highest BCUT2D eigenvalue weighted by Crippen LogP contribution is 2.14. The van der Waals surface area contributed by atoms with Crippen LogP contribution < -0.4 is 0 Å². The maximum atomic E-state index is 10.9. The summed E-state index contributed by atoms with van der Waals surface area (Å²) in [6.45, 7) is 21.6. The van der Waals surface area contributed by atoms with Crippen LogP contribution in [-0.2, 0) is 0 Å². The summed E-state index contributed by atoms with van der Waals surface area (Å²) < 4.78 is 0. The van der Waals surface area contributed by atoms with E-state index in [0.29, 0.717) is 5.92 Å². The zero-order valence-electron chi connectivity index (χ0n) is 20.7. The minimum Gasteiger partial charge on any atom is -0.295 e. The molecule has 0 aliphatic heterocycles. The molecule has 29 heavy (non-hydrogen) atoms. The average Bonchev–Trinajstić information content (AvgIpc) is 2.72. The summed E-state index contributed by atoms with van der Waals surface area (Å²) in [6.07, 6.45) is 1.25. The van der Waals surface area contributed by atoms with Gasteiger partial charge in [-0.3, -0.25) is 9.59 Å². The van der Waals surface area contributed by atoms with Gasteiger partial charge in [-0.1, -0.05) is 110 Å². The molecule has 0 amide bonds. The molecule has 2 rings (SSSR count). The predicted molar refractivity (Wildman–Crippen MR) is 130 cm³/mol. The van der Waals surface area contributed by atoms with Crippen molar-refractivity contribution in [3.05, 3.63) is 70.8 Å². The maximum absolute atomic E-state index is 10.9. The first-order valence-electron chi connectivity index (χ1n) is 10.9. The van der Waals surface area contributed by atoms with Crippen LogP contribution in [0.3, 0.4) is 0 Å². The van der Waals surface area contributed by atoms with Gasteiger partial charge in [0.1, 0.15) is 0 Å². The fourth-order valence-corrected chi connectivity index (χ4v) is 2.07. The molecule has 0 spiro atoms. The SMILES string of the molecule is CC.CC.CC(=O)c1ccc(C(C)C)cc1.CC(=O)c1ccccc1C.CCC. The molecule has 0 bridgehead atoms. The van der Waals surface area contributed by atoms with E-state index in [2.05, 4.69) is 27.7 Å². The maximum Gasteiger partial charge on any atom is 0.160 e. The molecule has 0 aromatic heterocycles. The van der Waals surface area contributed by atoms with Gasteiger partial charge in [-0.2, -0.15) is 0 Å². The van der Waals surface area contributed by atoms with Gasteiger partial charge in [-0.15, -0.1) is 0 Å². The number of hydrogen-bond donors (Lipinski definition) is 0. The number of aryl methyl sites for hydroxylation is 1. The second-order valence-electron chi connectivity index (χ2n) is 6.41. The summed E-state index contributed by atoms with van der Waals surface area (Å²) in [5.74, 6) is 0.800. The third-order valence-corrected chi connectivity index (χ3v) is 3.51. The van der Waals surface area contributed by atoms with Crippen LogP contribution in [0.5, 0.6) is 0 Å². The van der Waals surface area contributed by atoms with Crippen molar-refractivity contribution in [1.82, 2.24) is 0 Å². The van der Waals surface area contributed by atoms with Crippen molar-refractivity contribution in [3.8, 4) is 0 Å². The highest BCUT2D eigenvalue weighted by atomic mass is 16.1. The highest BCUT2D eigenvalue weighted by molar-refractivity contribution is 5.95. The minimum absolute atomic E-state index is 0.130. The summed E-state index contributed by atoms with van der Waals surface area (Å²) in [5, 5.41) is 0. The minimum atomic E-state index is 0.130. The number of Topliss-reactive ketones (excluding diaryl/α,β-unsaturated/α-hetero) is 2. The molecule has 164 valence electrons. The molecular weight excluding hydrogens is 356 g/mol. The molecule has 0 N–H and O–H groups in total. The van der Waals surface area contributed by atoms with Crippen molar-refractivity contribution in [2.24, 2.45) is 0 Å². The summed E-state index contributed by atoms with van der Waals surface area (Å²) in [7, 11) is 0. The Labute approximate surface area is 180 Å². The van der Waals surface area contributed by atoms with Gasteiger partial charge in [-0.25, -0.2) is 0 Å². The Hall–Kier alpha value is -2.22. The fraction of sp³-hybridized carbons (Fsp3) is 0.481. The smallest absolute Gasteiger partial charge is 0.160 e. The summed E-state index contributed by atoms with van der Waals surface area (Å²) in [5.41, 5.74) is 3.94. The van der Waals surface area contributed by atoms with Gasteiger partial charge in [0, 0.05) is 11.1 Å². The standard InChI is InChI=1S/C11H14O.C9H10O.C3H8.2C2H6/c1-8(2)10-4-6-11(7-5-10)9(3)12;1-7-5-3-4-6-9(7)8(2)10;1-3-2;2*1-2/h4-8H,1-3H3;3-6H,1-2H3;3H2,1-2H3;2*1-2H3. The highest BCUT2D eigenvalue weighted by Gasteiger charge is 2.01. The third kappa shape index (κ3) is 15.4. The van der Waals surface area contributed by atoms with Crippen molar-refractivity contribution in [2.75, 3.05) is 0 Å². The van der Waals surface area contributed by atoms with Crippen LogP contribution in [0.1, 0.15) is 113 Å². The van der Waals surface area contributed by atoms with E-state index in [0.717, 1.165) is 16.7 Å². The monoisotopic (exact) mass is 400 g/mol. The molecule has 0 atom stereocenters. The lowest BCUT2D eigenvalue weighted by molar-refractivity contribution is 0.100. The fourth-order valence-electron chi connectivity index (χ4n) is 2.07. The number of carbonyl (C=O) groups is 2. The quantitative estimate of drug-likeness (QED) is 0.483. The Morgan fingerprint density at radius 1 is 0.759 bits per heavy atom. The lowest BCUT2D eigenvalue weighted by Gasteiger charge is -2.04. The van der Waals surface area contributed by atoms with Crippen LogP contribution in [0.2, 0.25) is 0 Å². The zero-order valence-corrected chi connectivity index (χ0v) is 20.7. The van der Waals surface area contributed by atoms with E-state index in [1.165, 1.54) is 12.0 Å². The Kier molecular flexibility index (Phi) is 22.3. The summed E-state index contributed by atoms with van der Waals surface area (Å²) in [4.78, 5) is 21.8. The lowest BCUT2D eigenvalue weighted by atomic mass is 10.0. The van der Waals surface area contributed by atoms with E-state index in [-0.39, 0.29) is 11.6 Å². The molecule has 0 unspecified atom stereocenters. The predicted octanol–water partition coefficient (Wildman–Crippen LogP) is 8.68. The third-order valence-electron chi connectivity index (χ3n) is 3.51. The van der Waals surface area contributed by atoms with Crippen LogP contribution in [-0.4, -0.2) is 11.6 Å². The van der Waals surface area contributed by atoms with E-state index >= 15 is 0 Å². The first-order valence-corrected chi connectivity index (χ1v) is 10.9. The van der Waals surface area contributed by atoms with Crippen LogP contribution in [0, 0.1) is 6.92 Å². The van der Waals surface area contributed by atoms with E-state index in [4.69, 9.17) is 0 Å². The van der Waals surface area contributed by atoms with E-state index in [1.54, 1.807) is 13.8 Å². The Morgan fingerprint density at radius 2 is 1.17 bits per heavy atom. The van der Waals surface area contributed by atoms with E-state index in [9.17, 15) is 9.59 Å². The van der Waals surface area contributed by atoms with Crippen LogP contribution in [0.4, 0.5) is 0 Å². The van der Waals surface area contributed by atoms with Gasteiger partial charge >= 0.3 is 0 Å². The number of hydrogen-bond acceptors (Lipinski definition) is 2. The Bertz CT molecular complexity index is 652. The Balaban J connectivity index is -0.000000360. The van der Waals surface area contributed by atoms with Crippen molar-refractivity contribution in [3.63, 3.8) is 0 Å². The number of rotatable bonds is 3. The number of carbonyl (C=O) groups excluding carboxylic acids is 2. The van der Waals surface area contributed by atoms with Gasteiger partial charge in [0.05, 0.1) is 0 Å². The second kappa shape index (κ2) is 20.5. The Morgan fingerprint density at radius 3 is 1.45 bits per heavy atom. The van der Waals surface area contributed by atoms with E-state index < -0.39 is 0 Å². The summed E-state index contributed by atoms with van der Waals surface area (Å²) >= 11 is 0. The molecule has 2 aromatic rings. The molecule has 0 heterocycles. The summed E-state index contributed by atoms with van der Waals surface area (Å²) in [6, 6.07) is 15.4. The number of benzene rings is 2. The van der Waals surface area contributed by atoms with Gasteiger partial charge < -0.3 is 0 Å². The van der Waals surface area contributed by atoms with Gasteiger partial charge in [0.2, 0.25) is 0 Å². The topological polar surface area (TPSA) is 34.1 Å². The molecule has 0 saturated heterocycles. The molecule has 2 aromatic carbocycles. The van der Waals surface area contributed by atoms with Crippen LogP contribution in [0.15, 0.2) is 48.5 Å². The molecule has 0 aliphatic rings. The van der Waals surface area contributed by atoms with Crippen LogP contribution in [0.25, 0.3) is 0 Å². The molecule has 0 fully saturated rings. The van der Waals surface area contributed by atoms with E-state index in [1.807, 2.05) is 83.1 Å². The van der Waals surface area contributed by atoms with Crippen molar-refractivity contribution >= 4 is 11.6 Å². The first-order chi connectivity index (χ1) is 13.7. The molecule has 2 heteroatoms. The van der Waals surface area contributed by atoms with Gasteiger partial charge in [0.15, 0.2) is 11.6 Å². The molecule has 2 nitrogen and oxygen atoms in total. The second-order valence-corrected chi connectivity index (χ2v) is 6.41. The van der Waals surface area contributed by atoms with Gasteiger partial charge in [-0.05, 0) is 37.8 Å². The van der Waals surface area contributed by atoms with Crippen LogP contribution >= 0.6 is 0 Å². The van der Waals surface area contributed by atoms with Crippen molar-refractivity contribution < 1.29 is 9.59 Å². The van der Waals surface area contributed by atoms with Crippen molar-refractivity contribution in [2.45, 2.75) is 88.5 Å². The first kappa shape index (κ1) is 31.5. The zero-order chi connectivity index (χ0) is 23.4. The normalized spacial score (nSPS) is 8.55. The van der Waals surface area contributed by atoms with Crippen molar-refractivity contribution in [1.29, 1.82) is 0 Å². The average molecular weight is 401 g/mol. The molecular formula is C27H44O2. The van der Waals surface area contributed by atoms with Gasteiger partial charge in [0.25, 0.3) is 0 Å². The number of ketones is 2. The lowest BCUT2D eigenvalue weighted by Crippen LogP contribution is -1.93.